The zero-order chi connectivity index (χ0) is 9.56. The highest BCUT2D eigenvalue weighted by Crippen LogP contribution is 1.97. The van der Waals surface area contributed by atoms with Crippen LogP contribution in [0.25, 0.3) is 0 Å². The van der Waals surface area contributed by atoms with E-state index in [0.717, 1.165) is 5.57 Å². The Balaban J connectivity index is 3.84. The molecule has 0 aromatic rings. The molecule has 0 N–H and O–H groups in total. The van der Waals surface area contributed by atoms with Crippen LogP contribution in [0.15, 0.2) is 36.5 Å². The van der Waals surface area contributed by atoms with Gasteiger partial charge in [0.15, 0.2) is 0 Å². The maximum Gasteiger partial charge on any atom is 0.333 e. The average molecular weight is 166 g/mol. The maximum absolute atomic E-state index is 10.9. The molecular weight excluding hydrogens is 152 g/mol. The summed E-state index contributed by atoms with van der Waals surface area (Å²) in [6, 6.07) is 0. The molecule has 0 aliphatic heterocycles. The number of hydrogen-bond acceptors (Lipinski definition) is 2. The highest BCUT2D eigenvalue weighted by Gasteiger charge is 2.01. The van der Waals surface area contributed by atoms with Gasteiger partial charge in [0.05, 0.1) is 0 Å². The second-order valence-electron chi connectivity index (χ2n) is 2.61. The lowest BCUT2D eigenvalue weighted by molar-refractivity contribution is -0.137. The molecule has 0 aromatic carbocycles. The highest BCUT2D eigenvalue weighted by molar-refractivity contribution is 5.87. The molecule has 0 atom stereocenters. The molecule has 0 unspecified atom stereocenters. The molecule has 0 saturated heterocycles. The number of rotatable bonds is 4. The zero-order valence-electron chi connectivity index (χ0n) is 7.59. The van der Waals surface area contributed by atoms with Crippen LogP contribution in [0.4, 0.5) is 0 Å². The van der Waals surface area contributed by atoms with E-state index in [1.54, 1.807) is 19.1 Å². The summed E-state index contributed by atoms with van der Waals surface area (Å²) in [5.74, 6) is -0.355. The smallest absolute Gasteiger partial charge is 0.333 e. The van der Waals surface area contributed by atoms with Crippen LogP contribution in [0.1, 0.15) is 13.8 Å². The van der Waals surface area contributed by atoms with Crippen LogP contribution in [0, 0.1) is 0 Å². The molecule has 0 radical (unpaired) electrons. The Hall–Kier alpha value is -1.31. The first-order chi connectivity index (χ1) is 5.57. The zero-order valence-corrected chi connectivity index (χ0v) is 7.59. The molecule has 0 amide bonds. The van der Waals surface area contributed by atoms with E-state index >= 15 is 0 Å². The lowest BCUT2D eigenvalue weighted by atomic mass is 10.3. The van der Waals surface area contributed by atoms with E-state index in [-0.39, 0.29) is 5.97 Å². The minimum Gasteiger partial charge on any atom is -0.458 e. The fourth-order valence-electron chi connectivity index (χ4n) is 0.552. The average Bonchev–Trinajstić information content (AvgIpc) is 2.00. The summed E-state index contributed by atoms with van der Waals surface area (Å²) in [6.45, 7) is 10.8. The monoisotopic (exact) mass is 166 g/mol. The molecule has 0 aliphatic carbocycles. The van der Waals surface area contributed by atoms with Crippen LogP contribution in [-0.4, -0.2) is 12.6 Å². The number of esters is 1. The van der Waals surface area contributed by atoms with E-state index < -0.39 is 0 Å². The van der Waals surface area contributed by atoms with Gasteiger partial charge in [-0.25, -0.2) is 4.79 Å². The van der Waals surface area contributed by atoms with Crippen LogP contribution in [0.5, 0.6) is 0 Å². The van der Waals surface area contributed by atoms with Crippen molar-refractivity contribution >= 4 is 5.97 Å². The fraction of sp³-hybridized carbons (Fsp3) is 0.300. The van der Waals surface area contributed by atoms with E-state index in [1.807, 2.05) is 6.92 Å². The summed E-state index contributed by atoms with van der Waals surface area (Å²) in [5, 5.41) is 0. The van der Waals surface area contributed by atoms with Gasteiger partial charge in [-0.2, -0.15) is 0 Å². The van der Waals surface area contributed by atoms with Crippen molar-refractivity contribution in [3.63, 3.8) is 0 Å². The normalized spacial score (nSPS) is 10.7. The summed E-state index contributed by atoms with van der Waals surface area (Å²) in [5.41, 5.74) is 1.38. The Morgan fingerprint density at radius 2 is 2.08 bits per heavy atom. The van der Waals surface area contributed by atoms with Crippen LogP contribution in [-0.2, 0) is 9.53 Å². The van der Waals surface area contributed by atoms with Crippen molar-refractivity contribution in [1.29, 1.82) is 0 Å². The van der Waals surface area contributed by atoms with Gasteiger partial charge in [-0.05, 0) is 19.4 Å². The molecule has 0 fully saturated rings. The summed E-state index contributed by atoms with van der Waals surface area (Å²) >= 11 is 0. The summed E-state index contributed by atoms with van der Waals surface area (Å²) in [4.78, 5) is 10.9. The van der Waals surface area contributed by atoms with E-state index in [1.165, 1.54) is 0 Å². The summed E-state index contributed by atoms with van der Waals surface area (Å²) in [7, 11) is 0. The molecule has 0 aliphatic rings. The van der Waals surface area contributed by atoms with Gasteiger partial charge in [0.25, 0.3) is 0 Å². The lowest BCUT2D eigenvalue weighted by Crippen LogP contribution is -2.06. The Labute approximate surface area is 73.2 Å². The first-order valence-corrected chi connectivity index (χ1v) is 3.68. The van der Waals surface area contributed by atoms with E-state index in [4.69, 9.17) is 4.74 Å². The predicted molar refractivity (Wildman–Crippen MR) is 49.7 cm³/mol. The second-order valence-corrected chi connectivity index (χ2v) is 2.61. The first kappa shape index (κ1) is 10.7. The van der Waals surface area contributed by atoms with Gasteiger partial charge in [0.1, 0.15) is 6.61 Å². The van der Waals surface area contributed by atoms with Crippen LogP contribution in [0.2, 0.25) is 0 Å². The largest absolute Gasteiger partial charge is 0.458 e. The van der Waals surface area contributed by atoms with Gasteiger partial charge in [0.2, 0.25) is 0 Å². The molecule has 0 bridgehead atoms. The SMILES string of the molecule is C=CC=C(C)COC(=O)C(=C)C. The van der Waals surface area contributed by atoms with Crippen molar-refractivity contribution in [3.8, 4) is 0 Å². The molecule has 0 saturated carbocycles. The molecule has 0 aromatic heterocycles. The Morgan fingerprint density at radius 1 is 1.50 bits per heavy atom. The summed E-state index contributed by atoms with van der Waals surface area (Å²) in [6.07, 6.45) is 3.45. The predicted octanol–water partition coefficient (Wildman–Crippen LogP) is 2.24. The van der Waals surface area contributed by atoms with Crippen LogP contribution < -0.4 is 0 Å². The van der Waals surface area contributed by atoms with Crippen molar-refractivity contribution in [2.45, 2.75) is 13.8 Å². The van der Waals surface area contributed by atoms with Crippen molar-refractivity contribution in [1.82, 2.24) is 0 Å². The first-order valence-electron chi connectivity index (χ1n) is 3.68. The maximum atomic E-state index is 10.9. The number of carbonyl (C=O) groups excluding carboxylic acids is 1. The molecule has 0 rings (SSSR count). The van der Waals surface area contributed by atoms with Crippen molar-refractivity contribution in [2.24, 2.45) is 0 Å². The number of allylic oxidation sites excluding steroid dienone is 2. The number of ether oxygens (including phenoxy) is 1. The second kappa shape index (κ2) is 5.35. The number of hydrogen-bond donors (Lipinski definition) is 0. The molecule has 2 nitrogen and oxygen atoms in total. The molecular formula is C10H14O2. The van der Waals surface area contributed by atoms with Gasteiger partial charge in [-0.1, -0.05) is 25.3 Å². The molecule has 66 valence electrons. The minimum absolute atomic E-state index is 0.303. The van der Waals surface area contributed by atoms with Crippen LogP contribution >= 0.6 is 0 Å². The van der Waals surface area contributed by atoms with Crippen molar-refractivity contribution in [3.05, 3.63) is 36.5 Å². The topological polar surface area (TPSA) is 26.3 Å². The van der Waals surface area contributed by atoms with Crippen LogP contribution in [0.3, 0.4) is 0 Å². The van der Waals surface area contributed by atoms with Gasteiger partial charge >= 0.3 is 5.97 Å². The van der Waals surface area contributed by atoms with E-state index in [2.05, 4.69) is 13.2 Å². The third kappa shape index (κ3) is 4.50. The molecule has 2 heteroatoms. The van der Waals surface area contributed by atoms with Gasteiger partial charge in [-0.15, -0.1) is 0 Å². The van der Waals surface area contributed by atoms with Gasteiger partial charge in [-0.3, -0.25) is 0 Å². The standard InChI is InChI=1S/C10H14O2/c1-5-6-9(4)7-12-10(11)8(2)3/h5-6H,1-2,7H2,3-4H3. The summed E-state index contributed by atoms with van der Waals surface area (Å²) < 4.78 is 4.86. The number of carbonyl (C=O) groups is 1. The van der Waals surface area contributed by atoms with E-state index in [0.29, 0.717) is 12.2 Å². The van der Waals surface area contributed by atoms with Crippen molar-refractivity contribution in [2.75, 3.05) is 6.61 Å². The molecule has 0 spiro atoms. The highest BCUT2D eigenvalue weighted by atomic mass is 16.5. The third-order valence-corrected chi connectivity index (χ3v) is 1.18. The van der Waals surface area contributed by atoms with Crippen molar-refractivity contribution < 1.29 is 9.53 Å². The Morgan fingerprint density at radius 3 is 2.50 bits per heavy atom. The lowest BCUT2D eigenvalue weighted by Gasteiger charge is -2.02. The molecule has 0 heterocycles. The van der Waals surface area contributed by atoms with Gasteiger partial charge < -0.3 is 4.74 Å². The van der Waals surface area contributed by atoms with E-state index in [9.17, 15) is 4.79 Å². The molecule has 12 heavy (non-hydrogen) atoms. The minimum atomic E-state index is -0.355. The third-order valence-electron chi connectivity index (χ3n) is 1.18. The quantitative estimate of drug-likeness (QED) is 0.363. The fourth-order valence-corrected chi connectivity index (χ4v) is 0.552. The Bertz CT molecular complexity index is 222. The van der Waals surface area contributed by atoms with Gasteiger partial charge in [0, 0.05) is 5.57 Å². The Kier molecular flexibility index (Phi) is 4.77.